The highest BCUT2D eigenvalue weighted by molar-refractivity contribution is 8.00. The third-order valence-electron chi connectivity index (χ3n) is 4.36. The molecule has 0 aliphatic carbocycles. The summed E-state index contributed by atoms with van der Waals surface area (Å²) >= 11 is 1.39. The van der Waals surface area contributed by atoms with Crippen LogP contribution in [0, 0.1) is 5.82 Å². The van der Waals surface area contributed by atoms with Crippen molar-refractivity contribution < 1.29 is 17.6 Å². The van der Waals surface area contributed by atoms with Crippen molar-refractivity contribution >= 4 is 27.5 Å². The van der Waals surface area contributed by atoms with Gasteiger partial charge in [0, 0.05) is 35.9 Å². The summed E-state index contributed by atoms with van der Waals surface area (Å²) in [4.78, 5) is 18.9. The molecule has 2 aromatic rings. The van der Waals surface area contributed by atoms with Crippen LogP contribution in [0.1, 0.15) is 17.2 Å². The van der Waals surface area contributed by atoms with Gasteiger partial charge in [0.05, 0.1) is 16.8 Å². The molecule has 1 fully saturated rings. The molecule has 1 atom stereocenters. The largest absolute Gasteiger partial charge is 0.341 e. The summed E-state index contributed by atoms with van der Waals surface area (Å²) in [6, 6.07) is 9.58. The average Bonchev–Trinajstić information content (AvgIpc) is 2.79. The number of aromatic nitrogens is 1. The molecule has 5 nitrogen and oxygen atoms in total. The number of pyridine rings is 1. The van der Waals surface area contributed by atoms with Gasteiger partial charge in [-0.3, -0.25) is 9.78 Å². The van der Waals surface area contributed by atoms with Gasteiger partial charge >= 0.3 is 0 Å². The summed E-state index contributed by atoms with van der Waals surface area (Å²) in [5.74, 6) is -0.559. The lowest BCUT2D eigenvalue weighted by atomic mass is 10.1. The maximum Gasteiger partial charge on any atom is 0.232 e. The minimum absolute atomic E-state index is 0.115. The zero-order valence-electron chi connectivity index (χ0n) is 14.0. The standard InChI is InChI=1S/C18H19FN2O3S2/c19-16-4-2-1-3-15(16)17-7-10-21(11-12-26(17,23)24)18(22)13-25-14-5-8-20-9-6-14/h1-6,8-9,17H,7,10-13H2/t17-/m0/s1. The van der Waals surface area contributed by atoms with Crippen LogP contribution in [0.3, 0.4) is 0 Å². The highest BCUT2D eigenvalue weighted by Gasteiger charge is 2.33. The van der Waals surface area contributed by atoms with Gasteiger partial charge in [0.1, 0.15) is 5.82 Å². The van der Waals surface area contributed by atoms with Crippen LogP contribution in [0.5, 0.6) is 0 Å². The molecular weight excluding hydrogens is 375 g/mol. The minimum Gasteiger partial charge on any atom is -0.341 e. The number of benzene rings is 1. The molecule has 0 bridgehead atoms. The third kappa shape index (κ3) is 4.42. The maximum atomic E-state index is 14.1. The summed E-state index contributed by atoms with van der Waals surface area (Å²) in [6.45, 7) is 0.441. The molecule has 138 valence electrons. The van der Waals surface area contributed by atoms with Crippen LogP contribution in [-0.4, -0.2) is 48.8 Å². The second-order valence-corrected chi connectivity index (χ2v) is 9.37. The lowest BCUT2D eigenvalue weighted by Gasteiger charge is -2.20. The Morgan fingerprint density at radius 3 is 2.65 bits per heavy atom. The Morgan fingerprint density at radius 2 is 1.92 bits per heavy atom. The zero-order valence-corrected chi connectivity index (χ0v) is 15.7. The van der Waals surface area contributed by atoms with Crippen molar-refractivity contribution in [3.8, 4) is 0 Å². The van der Waals surface area contributed by atoms with E-state index >= 15 is 0 Å². The van der Waals surface area contributed by atoms with Crippen LogP contribution >= 0.6 is 11.8 Å². The van der Waals surface area contributed by atoms with Gasteiger partial charge < -0.3 is 4.90 Å². The number of hydrogen-bond donors (Lipinski definition) is 0. The molecule has 0 unspecified atom stereocenters. The molecule has 1 aliphatic heterocycles. The quantitative estimate of drug-likeness (QED) is 0.746. The monoisotopic (exact) mass is 394 g/mol. The smallest absolute Gasteiger partial charge is 0.232 e. The first kappa shape index (κ1) is 18.8. The van der Waals surface area contributed by atoms with E-state index < -0.39 is 20.9 Å². The SMILES string of the molecule is O=C(CSc1ccncc1)N1CC[C@@H](c2ccccc2F)S(=O)(=O)CC1. The molecule has 1 saturated heterocycles. The van der Waals surface area contributed by atoms with E-state index in [0.717, 1.165) is 4.90 Å². The second kappa shape index (κ2) is 8.18. The minimum atomic E-state index is -3.52. The molecular formula is C18H19FN2O3S2. The molecule has 26 heavy (non-hydrogen) atoms. The molecule has 0 radical (unpaired) electrons. The number of thioether (sulfide) groups is 1. The van der Waals surface area contributed by atoms with E-state index in [4.69, 9.17) is 0 Å². The maximum absolute atomic E-state index is 14.1. The fraction of sp³-hybridized carbons (Fsp3) is 0.333. The molecule has 0 spiro atoms. The first-order valence-electron chi connectivity index (χ1n) is 8.24. The van der Waals surface area contributed by atoms with Crippen molar-refractivity contribution in [1.82, 2.24) is 9.88 Å². The summed E-state index contributed by atoms with van der Waals surface area (Å²) in [5.41, 5.74) is 0.188. The number of sulfone groups is 1. The van der Waals surface area contributed by atoms with E-state index in [1.165, 1.54) is 30.0 Å². The van der Waals surface area contributed by atoms with Gasteiger partial charge in [-0.1, -0.05) is 18.2 Å². The summed E-state index contributed by atoms with van der Waals surface area (Å²) < 4.78 is 39.2. The number of carbonyl (C=O) groups excluding carboxylic acids is 1. The van der Waals surface area contributed by atoms with Crippen LogP contribution in [-0.2, 0) is 14.6 Å². The molecule has 1 aromatic carbocycles. The number of carbonyl (C=O) groups is 1. The fourth-order valence-corrected chi connectivity index (χ4v) is 5.54. The lowest BCUT2D eigenvalue weighted by molar-refractivity contribution is -0.128. The normalized spacial score (nSPS) is 19.7. The molecule has 1 aliphatic rings. The first-order chi connectivity index (χ1) is 12.5. The van der Waals surface area contributed by atoms with Gasteiger partial charge in [-0.05, 0) is 24.6 Å². The number of rotatable bonds is 4. The summed E-state index contributed by atoms with van der Waals surface area (Å²) in [6.07, 6.45) is 3.52. The van der Waals surface area contributed by atoms with E-state index in [1.807, 2.05) is 12.1 Å². The van der Waals surface area contributed by atoms with E-state index in [0.29, 0.717) is 6.54 Å². The van der Waals surface area contributed by atoms with E-state index in [-0.39, 0.29) is 35.9 Å². The van der Waals surface area contributed by atoms with Crippen molar-refractivity contribution in [2.45, 2.75) is 16.6 Å². The predicted octanol–water partition coefficient (Wildman–Crippen LogP) is 2.70. The number of nitrogens with zero attached hydrogens (tertiary/aromatic N) is 2. The Kier molecular flexibility index (Phi) is 5.93. The van der Waals surface area contributed by atoms with Crippen LogP contribution in [0.2, 0.25) is 0 Å². The summed E-state index contributed by atoms with van der Waals surface area (Å²) in [5, 5.41) is -0.908. The van der Waals surface area contributed by atoms with Crippen molar-refractivity contribution in [3.05, 3.63) is 60.2 Å². The van der Waals surface area contributed by atoms with Crippen LogP contribution in [0.25, 0.3) is 0 Å². The number of hydrogen-bond acceptors (Lipinski definition) is 5. The van der Waals surface area contributed by atoms with E-state index in [2.05, 4.69) is 4.98 Å². The Labute approximate surface area is 156 Å². The van der Waals surface area contributed by atoms with Gasteiger partial charge in [0.15, 0.2) is 9.84 Å². The third-order valence-corrected chi connectivity index (χ3v) is 7.46. The molecule has 0 saturated carbocycles. The molecule has 1 amide bonds. The highest BCUT2D eigenvalue weighted by Crippen LogP contribution is 2.31. The van der Waals surface area contributed by atoms with Crippen LogP contribution < -0.4 is 0 Å². The van der Waals surface area contributed by atoms with Gasteiger partial charge in [0.25, 0.3) is 0 Å². The van der Waals surface area contributed by atoms with Crippen LogP contribution in [0.15, 0.2) is 53.7 Å². The summed E-state index contributed by atoms with van der Waals surface area (Å²) in [7, 11) is -3.52. The average molecular weight is 394 g/mol. The predicted molar refractivity (Wildman–Crippen MR) is 99.1 cm³/mol. The van der Waals surface area contributed by atoms with Gasteiger partial charge in [-0.2, -0.15) is 0 Å². The van der Waals surface area contributed by atoms with E-state index in [1.54, 1.807) is 23.4 Å². The molecule has 3 rings (SSSR count). The Hall–Kier alpha value is -1.93. The highest BCUT2D eigenvalue weighted by atomic mass is 32.2. The van der Waals surface area contributed by atoms with Crippen LogP contribution in [0.4, 0.5) is 4.39 Å². The Bertz CT molecular complexity index is 875. The molecule has 1 aromatic heterocycles. The lowest BCUT2D eigenvalue weighted by Crippen LogP contribution is -2.34. The molecule has 2 heterocycles. The van der Waals surface area contributed by atoms with Crippen molar-refractivity contribution in [1.29, 1.82) is 0 Å². The Morgan fingerprint density at radius 1 is 1.19 bits per heavy atom. The van der Waals surface area contributed by atoms with E-state index in [9.17, 15) is 17.6 Å². The van der Waals surface area contributed by atoms with Gasteiger partial charge in [0.2, 0.25) is 5.91 Å². The molecule has 8 heteroatoms. The van der Waals surface area contributed by atoms with Crippen molar-refractivity contribution in [3.63, 3.8) is 0 Å². The molecule has 0 N–H and O–H groups in total. The Balaban J connectivity index is 1.68. The fourth-order valence-electron chi connectivity index (χ4n) is 2.95. The second-order valence-electron chi connectivity index (χ2n) is 6.02. The van der Waals surface area contributed by atoms with Crippen molar-refractivity contribution in [2.24, 2.45) is 0 Å². The van der Waals surface area contributed by atoms with Gasteiger partial charge in [-0.25, -0.2) is 12.8 Å². The number of halogens is 1. The van der Waals surface area contributed by atoms with Crippen molar-refractivity contribution in [2.75, 3.05) is 24.6 Å². The van der Waals surface area contributed by atoms with Gasteiger partial charge in [-0.15, -0.1) is 11.8 Å². The topological polar surface area (TPSA) is 67.3 Å². The zero-order chi connectivity index (χ0) is 18.6. The first-order valence-corrected chi connectivity index (χ1v) is 10.9. The number of amides is 1.